The fraction of sp³-hybridized carbons (Fsp3) is 1.00. The van der Waals surface area contributed by atoms with Crippen LogP contribution in [0.3, 0.4) is 0 Å². The van der Waals surface area contributed by atoms with Gasteiger partial charge in [0.15, 0.2) is 0 Å². The average molecular weight is 172 g/mol. The maximum atomic E-state index is 2.91. The SMILES string of the molecule is CC1CC(C)(C)C(CP)C1C. The van der Waals surface area contributed by atoms with Gasteiger partial charge in [-0.3, -0.25) is 0 Å². The molecule has 4 atom stereocenters. The predicted octanol–water partition coefficient (Wildman–Crippen LogP) is 3.18. The molecule has 1 aliphatic rings. The van der Waals surface area contributed by atoms with E-state index in [1.165, 1.54) is 12.6 Å². The first kappa shape index (κ1) is 9.52. The van der Waals surface area contributed by atoms with Gasteiger partial charge in [-0.1, -0.05) is 27.7 Å². The summed E-state index contributed by atoms with van der Waals surface area (Å²) in [6.45, 7) is 9.64. The monoisotopic (exact) mass is 172 g/mol. The smallest absolute Gasteiger partial charge is 0.0300 e. The van der Waals surface area contributed by atoms with Crippen molar-refractivity contribution in [3.63, 3.8) is 0 Å². The van der Waals surface area contributed by atoms with E-state index in [2.05, 4.69) is 36.9 Å². The maximum absolute atomic E-state index is 2.91. The van der Waals surface area contributed by atoms with Gasteiger partial charge in [0, 0.05) is 0 Å². The highest BCUT2D eigenvalue weighted by atomic mass is 31.0. The molecule has 66 valence electrons. The van der Waals surface area contributed by atoms with Crippen LogP contribution in [-0.2, 0) is 0 Å². The van der Waals surface area contributed by atoms with Crippen molar-refractivity contribution in [2.45, 2.75) is 34.1 Å². The molecule has 4 unspecified atom stereocenters. The number of rotatable bonds is 1. The van der Waals surface area contributed by atoms with Crippen LogP contribution in [-0.4, -0.2) is 6.16 Å². The van der Waals surface area contributed by atoms with Gasteiger partial charge in [0.1, 0.15) is 0 Å². The number of hydrogen-bond acceptors (Lipinski definition) is 0. The van der Waals surface area contributed by atoms with Crippen LogP contribution in [0, 0.1) is 23.2 Å². The zero-order chi connectivity index (χ0) is 8.65. The van der Waals surface area contributed by atoms with Crippen LogP contribution in [0.25, 0.3) is 0 Å². The molecule has 0 spiro atoms. The third-order valence-corrected chi connectivity index (χ3v) is 4.15. The van der Waals surface area contributed by atoms with Gasteiger partial charge in [-0.15, -0.1) is 9.24 Å². The second kappa shape index (κ2) is 3.05. The summed E-state index contributed by atoms with van der Waals surface area (Å²) in [4.78, 5) is 0. The molecule has 1 fully saturated rings. The summed E-state index contributed by atoms with van der Waals surface area (Å²) >= 11 is 0. The first-order valence-corrected chi connectivity index (χ1v) is 5.50. The number of hydrogen-bond donors (Lipinski definition) is 0. The van der Waals surface area contributed by atoms with E-state index in [9.17, 15) is 0 Å². The highest BCUT2D eigenvalue weighted by Crippen LogP contribution is 2.50. The van der Waals surface area contributed by atoms with Crippen LogP contribution in [0.2, 0.25) is 0 Å². The lowest BCUT2D eigenvalue weighted by atomic mass is 9.80. The predicted molar refractivity (Wildman–Crippen MR) is 54.8 cm³/mol. The van der Waals surface area contributed by atoms with Crippen LogP contribution in [0.4, 0.5) is 0 Å². The lowest BCUT2D eigenvalue weighted by Crippen LogP contribution is -2.22. The van der Waals surface area contributed by atoms with Crippen LogP contribution < -0.4 is 0 Å². The van der Waals surface area contributed by atoms with Crippen molar-refractivity contribution in [1.29, 1.82) is 0 Å². The molecular formula is C10H21P. The Kier molecular flexibility index (Phi) is 2.64. The molecule has 0 aromatic heterocycles. The molecule has 1 heteroatoms. The molecule has 1 saturated carbocycles. The van der Waals surface area contributed by atoms with Gasteiger partial charge in [-0.25, -0.2) is 0 Å². The molecule has 0 amide bonds. The highest BCUT2D eigenvalue weighted by molar-refractivity contribution is 7.16. The molecular weight excluding hydrogens is 151 g/mol. The molecule has 0 aliphatic heterocycles. The van der Waals surface area contributed by atoms with E-state index in [1.54, 1.807) is 0 Å². The molecule has 1 rings (SSSR count). The van der Waals surface area contributed by atoms with Gasteiger partial charge in [0.05, 0.1) is 0 Å². The van der Waals surface area contributed by atoms with E-state index < -0.39 is 0 Å². The van der Waals surface area contributed by atoms with Crippen molar-refractivity contribution in [3.05, 3.63) is 0 Å². The summed E-state index contributed by atoms with van der Waals surface area (Å²) < 4.78 is 0. The molecule has 0 aromatic rings. The highest BCUT2D eigenvalue weighted by Gasteiger charge is 2.42. The normalized spacial score (nSPS) is 42.8. The lowest BCUT2D eigenvalue weighted by Gasteiger charge is -2.28. The van der Waals surface area contributed by atoms with E-state index >= 15 is 0 Å². The van der Waals surface area contributed by atoms with Crippen LogP contribution in [0.1, 0.15) is 34.1 Å². The standard InChI is InChI=1S/C10H21P/c1-7-5-10(3,4)9(6-11)8(7)2/h7-9H,5-6,11H2,1-4H3. The van der Waals surface area contributed by atoms with Crippen molar-refractivity contribution >= 4 is 9.24 Å². The molecule has 0 heterocycles. The maximum Gasteiger partial charge on any atom is -0.0300 e. The Bertz CT molecular complexity index is 140. The van der Waals surface area contributed by atoms with Crippen molar-refractivity contribution in [2.24, 2.45) is 23.2 Å². The summed E-state index contributed by atoms with van der Waals surface area (Å²) in [6, 6.07) is 0. The Balaban J connectivity index is 2.73. The quantitative estimate of drug-likeness (QED) is 0.533. The third-order valence-electron chi connectivity index (χ3n) is 3.64. The van der Waals surface area contributed by atoms with Crippen LogP contribution in [0.15, 0.2) is 0 Å². The van der Waals surface area contributed by atoms with Crippen molar-refractivity contribution in [3.8, 4) is 0 Å². The Morgan fingerprint density at radius 3 is 2.09 bits per heavy atom. The minimum absolute atomic E-state index is 0.584. The van der Waals surface area contributed by atoms with E-state index in [0.717, 1.165) is 17.8 Å². The molecule has 0 radical (unpaired) electrons. The Morgan fingerprint density at radius 1 is 1.36 bits per heavy atom. The summed E-state index contributed by atoms with van der Waals surface area (Å²) in [5, 5.41) is 0. The van der Waals surface area contributed by atoms with Crippen LogP contribution in [0.5, 0.6) is 0 Å². The first-order valence-electron chi connectivity index (χ1n) is 4.69. The van der Waals surface area contributed by atoms with Gasteiger partial charge in [0.2, 0.25) is 0 Å². The largest absolute Gasteiger partial charge is 0.137 e. The van der Waals surface area contributed by atoms with E-state index in [4.69, 9.17) is 0 Å². The lowest BCUT2D eigenvalue weighted by molar-refractivity contribution is 0.252. The molecule has 0 aromatic carbocycles. The fourth-order valence-electron chi connectivity index (χ4n) is 2.81. The molecule has 0 saturated heterocycles. The summed E-state index contributed by atoms with van der Waals surface area (Å²) in [6.07, 6.45) is 2.69. The van der Waals surface area contributed by atoms with Crippen molar-refractivity contribution < 1.29 is 0 Å². The minimum atomic E-state index is 0.584. The van der Waals surface area contributed by atoms with E-state index in [-0.39, 0.29) is 0 Å². The molecule has 0 N–H and O–H groups in total. The van der Waals surface area contributed by atoms with Crippen molar-refractivity contribution in [2.75, 3.05) is 6.16 Å². The third kappa shape index (κ3) is 1.61. The van der Waals surface area contributed by atoms with Gasteiger partial charge < -0.3 is 0 Å². The topological polar surface area (TPSA) is 0 Å². The van der Waals surface area contributed by atoms with Gasteiger partial charge >= 0.3 is 0 Å². The van der Waals surface area contributed by atoms with Crippen molar-refractivity contribution in [1.82, 2.24) is 0 Å². The average Bonchev–Trinajstić information content (AvgIpc) is 2.03. The Hall–Kier alpha value is 0.430. The Labute approximate surface area is 73.3 Å². The first-order chi connectivity index (χ1) is 4.99. The zero-order valence-corrected chi connectivity index (χ0v) is 9.38. The second-order valence-electron chi connectivity index (χ2n) is 4.87. The molecule has 0 nitrogen and oxygen atoms in total. The second-order valence-corrected chi connectivity index (χ2v) is 5.34. The van der Waals surface area contributed by atoms with E-state index in [0.29, 0.717) is 5.41 Å². The fourth-order valence-corrected chi connectivity index (χ4v) is 3.88. The summed E-state index contributed by atoms with van der Waals surface area (Å²) in [7, 11) is 2.91. The van der Waals surface area contributed by atoms with E-state index in [1.807, 2.05) is 0 Å². The molecule has 0 bridgehead atoms. The Morgan fingerprint density at radius 2 is 1.91 bits per heavy atom. The van der Waals surface area contributed by atoms with Crippen LogP contribution >= 0.6 is 9.24 Å². The molecule has 1 aliphatic carbocycles. The summed E-state index contributed by atoms with van der Waals surface area (Å²) in [5.74, 6) is 2.76. The molecule has 11 heavy (non-hydrogen) atoms. The van der Waals surface area contributed by atoms with Gasteiger partial charge in [-0.05, 0) is 35.8 Å². The van der Waals surface area contributed by atoms with Gasteiger partial charge in [0.25, 0.3) is 0 Å². The minimum Gasteiger partial charge on any atom is -0.137 e. The zero-order valence-electron chi connectivity index (χ0n) is 8.22. The summed E-state index contributed by atoms with van der Waals surface area (Å²) in [5.41, 5.74) is 0.584. The van der Waals surface area contributed by atoms with Gasteiger partial charge in [-0.2, -0.15) is 0 Å².